The first-order valence-corrected chi connectivity index (χ1v) is 20.4. The van der Waals surface area contributed by atoms with Gasteiger partial charge in [-0.2, -0.15) is 0 Å². The van der Waals surface area contributed by atoms with E-state index >= 15 is 0 Å². The van der Waals surface area contributed by atoms with Crippen molar-refractivity contribution in [2.45, 2.75) is 81.9 Å². The molecule has 0 N–H and O–H groups in total. The average Bonchev–Trinajstić information content (AvgIpc) is 3.92. The van der Waals surface area contributed by atoms with Gasteiger partial charge in [0.15, 0.2) is 0 Å². The lowest BCUT2D eigenvalue weighted by Crippen LogP contribution is -2.45. The van der Waals surface area contributed by atoms with Crippen molar-refractivity contribution in [1.29, 1.82) is 0 Å². The Kier molecular flexibility index (Phi) is 12.0. The fraction of sp³-hybridized carbons (Fsp3) is 0.327. The third-order valence-corrected chi connectivity index (χ3v) is 11.2. The molecule has 9 heteroatoms. The first-order chi connectivity index (χ1) is 27.9. The Morgan fingerprint density at radius 2 is 1.00 bits per heavy atom. The summed E-state index contributed by atoms with van der Waals surface area (Å²) in [6.45, 7) is 24.9. The molecule has 0 fully saturated rings. The first kappa shape index (κ1) is 40.3. The lowest BCUT2D eigenvalue weighted by Gasteiger charge is -2.21. The molecule has 0 saturated carbocycles. The van der Waals surface area contributed by atoms with E-state index in [1.165, 1.54) is 67.1 Å². The number of rotatable bonds is 14. The summed E-state index contributed by atoms with van der Waals surface area (Å²) < 4.78 is 19.2. The summed E-state index contributed by atoms with van der Waals surface area (Å²) in [6, 6.07) is 21.6. The van der Waals surface area contributed by atoms with E-state index in [1.807, 2.05) is 24.3 Å². The zero-order valence-electron chi connectivity index (χ0n) is 36.1. The van der Waals surface area contributed by atoms with Crippen LogP contribution in [0.5, 0.6) is 5.75 Å². The zero-order valence-corrected chi connectivity index (χ0v) is 36.1. The number of benzene rings is 4. The fourth-order valence-corrected chi connectivity index (χ4v) is 8.79. The van der Waals surface area contributed by atoms with Crippen molar-refractivity contribution in [3.8, 4) is 22.8 Å². The number of aromatic nitrogens is 6. The Bertz CT molecular complexity index is 2450. The highest BCUT2D eigenvalue weighted by Gasteiger charge is 2.18. The molecule has 3 aromatic heterocycles. The summed E-state index contributed by atoms with van der Waals surface area (Å²) in [5.74, 6) is 0.817. The molecule has 4 aromatic carbocycles. The second-order valence-electron chi connectivity index (χ2n) is 16.2. The number of ether oxygens (including phenoxy) is 1. The molecule has 0 aliphatic carbocycles. The molecule has 7 aromatic rings. The van der Waals surface area contributed by atoms with Crippen LogP contribution in [0.1, 0.15) is 50.1 Å². The molecule has 0 spiro atoms. The normalized spacial score (nSPS) is 11.9. The topological polar surface area (TPSA) is 52.3 Å². The van der Waals surface area contributed by atoms with E-state index in [1.54, 1.807) is 7.11 Å². The van der Waals surface area contributed by atoms with E-state index in [0.29, 0.717) is 0 Å². The third-order valence-electron chi connectivity index (χ3n) is 11.2. The summed E-state index contributed by atoms with van der Waals surface area (Å²) in [7, 11) is 1.69. The number of imidazole rings is 3. The van der Waals surface area contributed by atoms with E-state index in [9.17, 15) is 0 Å². The third kappa shape index (κ3) is 8.95. The van der Waals surface area contributed by atoms with Gasteiger partial charge in [-0.3, -0.25) is 9.47 Å². The Labute approximate surface area is 344 Å². The molecule has 3 heterocycles. The van der Waals surface area contributed by atoms with Crippen LogP contribution in [0.3, 0.4) is 0 Å². The van der Waals surface area contributed by atoms with Crippen LogP contribution >= 0.6 is 0 Å². The van der Waals surface area contributed by atoms with Gasteiger partial charge in [0.05, 0.1) is 18.5 Å². The minimum absolute atomic E-state index is 0.785. The van der Waals surface area contributed by atoms with E-state index in [4.69, 9.17) is 9.73 Å². The molecular formula is C49H60N8O+2. The molecule has 0 radical (unpaired) electrons. The maximum atomic E-state index is 5.45. The van der Waals surface area contributed by atoms with Crippen molar-refractivity contribution in [2.24, 2.45) is 4.99 Å². The summed E-state index contributed by atoms with van der Waals surface area (Å²) in [6.07, 6.45) is 17.6. The molecule has 58 heavy (non-hydrogen) atoms. The lowest BCUT2D eigenvalue weighted by molar-refractivity contribution is -0.700. The van der Waals surface area contributed by atoms with E-state index < -0.39 is 0 Å². The molecule has 0 aliphatic heterocycles. The number of nitrogens with zero attached hydrogens (tertiary/aromatic N) is 8. The van der Waals surface area contributed by atoms with Crippen LogP contribution < -0.4 is 19.5 Å². The van der Waals surface area contributed by atoms with Gasteiger partial charge in [-0.15, -0.1) is 0 Å². The predicted molar refractivity (Wildman–Crippen MR) is 233 cm³/mol. The quantitative estimate of drug-likeness (QED) is 0.105. The zero-order chi connectivity index (χ0) is 41.1. The number of aryl methyl sites for hydroxylation is 9. The van der Waals surface area contributed by atoms with Crippen LogP contribution in [-0.2, 0) is 19.6 Å². The molecular weight excluding hydrogens is 717 g/mol. The van der Waals surface area contributed by atoms with Gasteiger partial charge in [0, 0.05) is 38.6 Å². The predicted octanol–water partition coefficient (Wildman–Crippen LogP) is 8.15. The molecule has 0 saturated heterocycles. The summed E-state index contributed by atoms with van der Waals surface area (Å²) in [5, 5.41) is 0. The molecule has 7 rings (SSSR count). The number of methoxy groups -OCH3 is 1. The van der Waals surface area contributed by atoms with E-state index in [2.05, 4.69) is 181 Å². The largest absolute Gasteiger partial charge is 0.497 e. The second-order valence-corrected chi connectivity index (χ2v) is 16.2. The Hall–Kier alpha value is -5.93. The van der Waals surface area contributed by atoms with Crippen LogP contribution in [0.2, 0.25) is 0 Å². The summed E-state index contributed by atoms with van der Waals surface area (Å²) >= 11 is 0. The smallest absolute Gasteiger partial charge is 0.249 e. The molecule has 0 aliphatic rings. The highest BCUT2D eigenvalue weighted by Crippen LogP contribution is 2.23. The SMILES string of the molecule is COc1ccc(N=c2n(CCN(CC[n+]3ccn(-c4c(C)cc(C)cc4C)c3)CC[n+]3ccn(-c4c(C)cc(C)cc4C)c3)ccn2-c2c(C)cc(C)cc2C)cc1. The van der Waals surface area contributed by atoms with Crippen molar-refractivity contribution in [3.63, 3.8) is 0 Å². The lowest BCUT2D eigenvalue weighted by atomic mass is 10.1. The van der Waals surface area contributed by atoms with Crippen LogP contribution in [0.4, 0.5) is 5.69 Å². The fourth-order valence-electron chi connectivity index (χ4n) is 8.79. The van der Waals surface area contributed by atoms with Gasteiger partial charge in [0.2, 0.25) is 18.3 Å². The molecule has 0 bridgehead atoms. The van der Waals surface area contributed by atoms with Gasteiger partial charge in [0.25, 0.3) is 0 Å². The number of hydrogen-bond donors (Lipinski definition) is 0. The van der Waals surface area contributed by atoms with Gasteiger partial charge in [-0.1, -0.05) is 53.1 Å². The van der Waals surface area contributed by atoms with Crippen LogP contribution in [0.25, 0.3) is 17.1 Å². The highest BCUT2D eigenvalue weighted by atomic mass is 16.5. The molecule has 0 atom stereocenters. The summed E-state index contributed by atoms with van der Waals surface area (Å²) in [5.41, 5.74) is 16.9. The Morgan fingerprint density at radius 3 is 1.45 bits per heavy atom. The highest BCUT2D eigenvalue weighted by molar-refractivity contribution is 5.51. The summed E-state index contributed by atoms with van der Waals surface area (Å²) in [4.78, 5) is 7.85. The second kappa shape index (κ2) is 17.3. The maximum Gasteiger partial charge on any atom is 0.249 e. The minimum atomic E-state index is 0.785. The van der Waals surface area contributed by atoms with Crippen molar-refractivity contribution >= 4 is 5.69 Å². The van der Waals surface area contributed by atoms with Gasteiger partial charge in [-0.05, 0) is 120 Å². The van der Waals surface area contributed by atoms with Gasteiger partial charge in [0.1, 0.15) is 55.0 Å². The van der Waals surface area contributed by atoms with E-state index in [0.717, 1.165) is 56.3 Å². The Balaban J connectivity index is 1.17. The number of hydrogen-bond acceptors (Lipinski definition) is 3. The van der Waals surface area contributed by atoms with Crippen LogP contribution in [0, 0.1) is 62.3 Å². The van der Waals surface area contributed by atoms with Crippen molar-refractivity contribution in [2.75, 3.05) is 26.7 Å². The van der Waals surface area contributed by atoms with Crippen LogP contribution in [0.15, 0.2) is 115 Å². The molecule has 0 amide bonds. The molecule has 9 nitrogen and oxygen atoms in total. The van der Waals surface area contributed by atoms with Gasteiger partial charge < -0.3 is 9.30 Å². The maximum absolute atomic E-state index is 5.45. The Morgan fingerprint density at radius 1 is 0.552 bits per heavy atom. The molecule has 300 valence electrons. The monoisotopic (exact) mass is 776 g/mol. The minimum Gasteiger partial charge on any atom is -0.497 e. The van der Waals surface area contributed by atoms with Gasteiger partial charge in [-0.25, -0.2) is 23.3 Å². The van der Waals surface area contributed by atoms with Crippen LogP contribution in [-0.4, -0.2) is 49.9 Å². The van der Waals surface area contributed by atoms with E-state index in [-0.39, 0.29) is 0 Å². The average molecular weight is 777 g/mol. The van der Waals surface area contributed by atoms with Crippen molar-refractivity contribution in [1.82, 2.24) is 23.2 Å². The molecule has 0 unspecified atom stereocenters. The first-order valence-electron chi connectivity index (χ1n) is 20.4. The van der Waals surface area contributed by atoms with Gasteiger partial charge >= 0.3 is 0 Å². The standard InChI is InChI=1S/C49H60N8O/c1-35-27-38(4)46(39(5)28-35)55-23-20-52(33-55)17-15-51(16-18-53-21-24-56(34-53)47-40(6)29-36(2)30-41(47)7)19-22-54-25-26-57(48-42(8)31-37(3)32-43(48)9)49(54)50-44-11-13-45(58-10)14-12-44/h11-14,20-21,23-34H,15-19,22H2,1-10H3/q+2. The van der Waals surface area contributed by atoms with Crippen molar-refractivity contribution < 1.29 is 13.9 Å². The van der Waals surface area contributed by atoms with Crippen molar-refractivity contribution in [3.05, 3.63) is 166 Å².